The summed E-state index contributed by atoms with van der Waals surface area (Å²) in [6, 6.07) is 9.47. The van der Waals surface area contributed by atoms with E-state index in [0.717, 1.165) is 43.6 Å². The fourth-order valence-corrected chi connectivity index (χ4v) is 4.54. The van der Waals surface area contributed by atoms with Crippen LogP contribution in [0.2, 0.25) is 0 Å². The maximum Gasteiger partial charge on any atom is 0.417 e. The van der Waals surface area contributed by atoms with Crippen molar-refractivity contribution >= 4 is 22.8 Å². The summed E-state index contributed by atoms with van der Waals surface area (Å²) in [5, 5.41) is 11.2. The number of hydrogen-bond acceptors (Lipinski definition) is 6. The van der Waals surface area contributed by atoms with Gasteiger partial charge < -0.3 is 16.4 Å². The number of carbonyl (C=O) groups excluding carboxylic acids is 1. The Morgan fingerprint density at radius 1 is 1.16 bits per heavy atom. The van der Waals surface area contributed by atoms with Crippen LogP contribution in [0.3, 0.4) is 0 Å². The maximum atomic E-state index is 14.1. The molecule has 8 nitrogen and oxygen atoms in total. The number of nitrogens with two attached hydrogens (primary N) is 1. The van der Waals surface area contributed by atoms with Gasteiger partial charge in [-0.15, -0.1) is 0 Å². The van der Waals surface area contributed by atoms with E-state index in [1.54, 1.807) is 24.3 Å². The van der Waals surface area contributed by atoms with Crippen LogP contribution in [-0.2, 0) is 12.7 Å². The van der Waals surface area contributed by atoms with Crippen molar-refractivity contribution in [1.82, 2.24) is 30.4 Å². The van der Waals surface area contributed by atoms with Crippen molar-refractivity contribution in [3.8, 4) is 11.3 Å². The number of benzene rings is 2. The molecule has 2 aromatic carbocycles. The molecule has 1 fully saturated rings. The highest BCUT2D eigenvalue weighted by Crippen LogP contribution is 2.34. The Bertz CT molecular complexity index is 1440. The van der Waals surface area contributed by atoms with E-state index in [1.807, 2.05) is 4.68 Å². The van der Waals surface area contributed by atoms with Gasteiger partial charge in [0.15, 0.2) is 5.65 Å². The predicted octanol–water partition coefficient (Wildman–Crippen LogP) is 4.09. The number of rotatable bonds is 5. The van der Waals surface area contributed by atoms with Crippen LogP contribution in [-0.4, -0.2) is 38.7 Å². The highest BCUT2D eigenvalue weighted by atomic mass is 19.4. The molecule has 192 valence electrons. The molecule has 37 heavy (non-hydrogen) atoms. The Kier molecular flexibility index (Phi) is 6.50. The zero-order valence-corrected chi connectivity index (χ0v) is 19.5. The fraction of sp³-hybridized carbons (Fsp3) is 0.280. The van der Waals surface area contributed by atoms with Crippen molar-refractivity contribution in [2.24, 2.45) is 0 Å². The van der Waals surface area contributed by atoms with Gasteiger partial charge in [0.2, 0.25) is 0 Å². The van der Waals surface area contributed by atoms with E-state index in [2.05, 4.69) is 20.6 Å². The van der Waals surface area contributed by atoms with Gasteiger partial charge in [0.25, 0.3) is 5.91 Å². The van der Waals surface area contributed by atoms with E-state index in [1.165, 1.54) is 6.33 Å². The van der Waals surface area contributed by atoms with Gasteiger partial charge in [0.1, 0.15) is 23.7 Å². The third-order valence-electron chi connectivity index (χ3n) is 6.36. The molecule has 1 aliphatic rings. The average molecular weight is 513 g/mol. The van der Waals surface area contributed by atoms with E-state index in [4.69, 9.17) is 10.8 Å². The number of carbonyl (C=O) groups is 1. The Hall–Kier alpha value is -4.06. The Balaban J connectivity index is 1.38. The molecular formula is C25H23F4N7O. The summed E-state index contributed by atoms with van der Waals surface area (Å²) >= 11 is 0. The molecule has 0 saturated carbocycles. The summed E-state index contributed by atoms with van der Waals surface area (Å²) in [6.07, 6.45) is -1.49. The molecule has 4 N–H and O–H groups in total. The summed E-state index contributed by atoms with van der Waals surface area (Å²) < 4.78 is 55.7. The minimum atomic E-state index is -4.86. The van der Waals surface area contributed by atoms with Crippen LogP contribution in [0.25, 0.3) is 22.3 Å². The molecule has 1 atom stereocenters. The molecule has 0 radical (unpaired) electrons. The molecule has 0 bridgehead atoms. The number of fused-ring (bicyclic) bond motifs is 1. The second kappa shape index (κ2) is 9.77. The standard InChI is InChI=1S/C25H23F4N7O/c26-18-5-1-4-17(25(27,28)29)19(18)24(37)32-11-14-6-8-15(9-7-14)21-20-22(30)33-13-34-23(20)36(35-21)16-3-2-10-31-12-16/h1,4-9,13,16,31H,2-3,10-12H2,(H,32,37)(H2,30,33,34)/t16-/m1/s1. The van der Waals surface area contributed by atoms with Crippen LogP contribution in [0.1, 0.15) is 40.4 Å². The number of hydrogen-bond donors (Lipinski definition) is 3. The number of nitrogens with zero attached hydrogens (tertiary/aromatic N) is 4. The first-order valence-electron chi connectivity index (χ1n) is 11.7. The lowest BCUT2D eigenvalue weighted by molar-refractivity contribution is -0.138. The van der Waals surface area contributed by atoms with Gasteiger partial charge >= 0.3 is 6.18 Å². The summed E-state index contributed by atoms with van der Waals surface area (Å²) in [4.78, 5) is 21.0. The lowest BCUT2D eigenvalue weighted by Crippen LogP contribution is -2.32. The topological polar surface area (TPSA) is 111 Å². The highest BCUT2D eigenvalue weighted by Gasteiger charge is 2.36. The monoisotopic (exact) mass is 513 g/mol. The van der Waals surface area contributed by atoms with Crippen LogP contribution in [0.15, 0.2) is 48.8 Å². The highest BCUT2D eigenvalue weighted by molar-refractivity contribution is 5.98. The van der Waals surface area contributed by atoms with E-state index in [0.29, 0.717) is 34.2 Å². The first-order chi connectivity index (χ1) is 17.7. The Labute approximate surface area is 208 Å². The van der Waals surface area contributed by atoms with E-state index in [-0.39, 0.29) is 12.6 Å². The lowest BCUT2D eigenvalue weighted by atomic mass is 10.0. The number of halogens is 4. The van der Waals surface area contributed by atoms with Crippen molar-refractivity contribution < 1.29 is 22.4 Å². The number of anilines is 1. The fourth-order valence-electron chi connectivity index (χ4n) is 4.54. The molecule has 1 amide bonds. The van der Waals surface area contributed by atoms with Crippen LogP contribution in [0.5, 0.6) is 0 Å². The second-order valence-electron chi connectivity index (χ2n) is 8.79. The summed E-state index contributed by atoms with van der Waals surface area (Å²) in [5.74, 6) is -2.08. The van der Waals surface area contributed by atoms with Crippen LogP contribution >= 0.6 is 0 Å². The van der Waals surface area contributed by atoms with Gasteiger partial charge in [-0.3, -0.25) is 4.79 Å². The predicted molar refractivity (Wildman–Crippen MR) is 129 cm³/mol. The third kappa shape index (κ3) is 4.84. The van der Waals surface area contributed by atoms with Crippen LogP contribution < -0.4 is 16.4 Å². The summed E-state index contributed by atoms with van der Waals surface area (Å²) in [5.41, 5.74) is 6.41. The number of amides is 1. The lowest BCUT2D eigenvalue weighted by Gasteiger charge is -2.23. The van der Waals surface area contributed by atoms with Gasteiger partial charge in [0.05, 0.1) is 22.6 Å². The number of aromatic nitrogens is 4. The van der Waals surface area contributed by atoms with Crippen LogP contribution in [0, 0.1) is 5.82 Å². The van der Waals surface area contributed by atoms with Crippen molar-refractivity contribution in [3.63, 3.8) is 0 Å². The molecule has 4 aromatic rings. The third-order valence-corrected chi connectivity index (χ3v) is 6.36. The maximum absolute atomic E-state index is 14.1. The second-order valence-corrected chi connectivity index (χ2v) is 8.79. The molecule has 3 heterocycles. The van der Waals surface area contributed by atoms with Gasteiger partial charge in [-0.1, -0.05) is 30.3 Å². The smallest absolute Gasteiger partial charge is 0.383 e. The Morgan fingerprint density at radius 2 is 1.95 bits per heavy atom. The molecule has 1 aliphatic heterocycles. The zero-order chi connectivity index (χ0) is 26.2. The summed E-state index contributed by atoms with van der Waals surface area (Å²) in [7, 11) is 0. The van der Waals surface area contributed by atoms with Crippen LogP contribution in [0.4, 0.5) is 23.4 Å². The van der Waals surface area contributed by atoms with Crippen molar-refractivity contribution in [3.05, 3.63) is 71.3 Å². The van der Waals surface area contributed by atoms with Gasteiger partial charge in [-0.25, -0.2) is 19.0 Å². The summed E-state index contributed by atoms with van der Waals surface area (Å²) in [6.45, 7) is 1.61. The number of alkyl halides is 3. The quantitative estimate of drug-likeness (QED) is 0.347. The zero-order valence-electron chi connectivity index (χ0n) is 19.5. The minimum absolute atomic E-state index is 0.0983. The minimum Gasteiger partial charge on any atom is -0.383 e. The Morgan fingerprint density at radius 3 is 2.65 bits per heavy atom. The van der Waals surface area contributed by atoms with E-state index >= 15 is 0 Å². The molecule has 12 heteroatoms. The molecule has 0 spiro atoms. The first kappa shape index (κ1) is 24.6. The number of nitrogen functional groups attached to an aromatic ring is 1. The van der Waals surface area contributed by atoms with Crippen molar-refractivity contribution in [2.45, 2.75) is 31.6 Å². The van der Waals surface area contributed by atoms with Gasteiger partial charge in [-0.2, -0.15) is 18.3 Å². The van der Waals surface area contributed by atoms with Gasteiger partial charge in [-0.05, 0) is 37.1 Å². The van der Waals surface area contributed by atoms with E-state index in [9.17, 15) is 22.4 Å². The van der Waals surface area contributed by atoms with E-state index < -0.39 is 29.0 Å². The molecular weight excluding hydrogens is 490 g/mol. The molecule has 1 saturated heterocycles. The number of nitrogens with one attached hydrogen (secondary N) is 2. The van der Waals surface area contributed by atoms with Gasteiger partial charge in [0, 0.05) is 18.7 Å². The molecule has 0 aliphatic carbocycles. The molecule has 2 aromatic heterocycles. The normalized spacial score (nSPS) is 16.2. The largest absolute Gasteiger partial charge is 0.417 e. The number of piperidine rings is 1. The first-order valence-corrected chi connectivity index (χ1v) is 11.7. The molecule has 0 unspecified atom stereocenters. The average Bonchev–Trinajstić information content (AvgIpc) is 3.28. The van der Waals surface area contributed by atoms with Crippen molar-refractivity contribution in [2.75, 3.05) is 18.8 Å². The van der Waals surface area contributed by atoms with Crippen molar-refractivity contribution in [1.29, 1.82) is 0 Å². The molecule has 5 rings (SSSR count). The SMILES string of the molecule is Nc1ncnc2c1c(-c1ccc(CNC(=O)c3c(F)cccc3C(F)(F)F)cc1)nn2[C@@H]1CCCNC1.